The molecule has 2 heterocycles. The number of hydrogen-bond donors (Lipinski definition) is 0. The third-order valence-electron chi connectivity index (χ3n) is 20.8. The molecule has 0 aliphatic heterocycles. The van der Waals surface area contributed by atoms with Crippen molar-refractivity contribution >= 4 is 196 Å². The zero-order chi connectivity index (χ0) is 72.4. The Morgan fingerprint density at radius 2 is 0.676 bits per heavy atom. The molecular weight excluding hydrogens is 1550 g/mol. The molecule has 0 saturated heterocycles. The van der Waals surface area contributed by atoms with Crippen LogP contribution in [0.15, 0.2) is 182 Å². The molecule has 0 amide bonds. The molecule has 14 aromatic rings. The van der Waals surface area contributed by atoms with Crippen molar-refractivity contribution in [2.75, 3.05) is 13.2 Å². The zero-order valence-electron chi connectivity index (χ0n) is 62.7. The van der Waals surface area contributed by atoms with Gasteiger partial charge >= 0.3 is 75.7 Å². The van der Waals surface area contributed by atoms with Gasteiger partial charge in [-0.25, -0.2) is 0 Å². The first-order chi connectivity index (χ1) is 48.1. The monoisotopic (exact) mass is 1660 g/mol. The van der Waals surface area contributed by atoms with Gasteiger partial charge in [-0.3, -0.25) is 0 Å². The summed E-state index contributed by atoms with van der Waals surface area (Å²) in [4.78, 5) is 0. The van der Waals surface area contributed by atoms with Crippen LogP contribution in [0, 0.1) is 13.8 Å². The molecule has 2 aromatic heterocycles. The van der Waals surface area contributed by atoms with Crippen molar-refractivity contribution in [3.63, 3.8) is 0 Å². The molecule has 0 radical (unpaired) electrons. The minimum atomic E-state index is -2.37. The van der Waals surface area contributed by atoms with E-state index in [9.17, 15) is 0 Å². The average Bonchev–Trinajstić information content (AvgIpc) is 1.53. The quantitative estimate of drug-likeness (QED) is 0.0407. The SMILES string of the molecule is C.Cc1ccc2c(c1)c1c(c3ccccc3[c-]1[Si](C)(CCCCCCOC(C)(C)C)[c-]1c3ccccc3c3ccccc31)n2C[Si](C)(C)C.Cc1ccc2c(c1)c1c(c3ccccc3[c-]1[Si](C)(CCCCCCOC(C)(C)C)[c-]1c3ccccc3c3ccccc31)n2[Si](C)(C)C.[Cl][Zr+2][Cl].[Cl][Zr+2][Cl]. The van der Waals surface area contributed by atoms with Gasteiger partial charge in [0.25, 0.3) is 0 Å². The van der Waals surface area contributed by atoms with E-state index in [0.717, 1.165) is 32.2 Å². The van der Waals surface area contributed by atoms with Crippen LogP contribution >= 0.6 is 34.1 Å². The Balaban J connectivity index is 0.000000202. The van der Waals surface area contributed by atoms with E-state index in [4.69, 9.17) is 43.5 Å². The van der Waals surface area contributed by atoms with Gasteiger partial charge in [-0.05, 0) is 91.4 Å². The van der Waals surface area contributed by atoms with Crippen molar-refractivity contribution in [3.8, 4) is 0 Å². The third kappa shape index (κ3) is 16.8. The second kappa shape index (κ2) is 33.7. The van der Waals surface area contributed by atoms with Crippen LogP contribution in [-0.4, -0.2) is 65.7 Å². The molecule has 0 spiro atoms. The average molecular weight is 1660 g/mol. The number of unbranched alkanes of at least 4 members (excludes halogenated alkanes) is 6. The number of hydrogen-bond acceptors (Lipinski definition) is 2. The first kappa shape index (κ1) is 80.6. The van der Waals surface area contributed by atoms with Gasteiger partial charge in [0.05, 0.1) is 19.3 Å². The van der Waals surface area contributed by atoms with Crippen molar-refractivity contribution in [3.05, 3.63) is 193 Å². The van der Waals surface area contributed by atoms with E-state index < -0.39 is 74.2 Å². The third-order valence-corrected chi connectivity index (χ3v) is 33.1. The Kier molecular flexibility index (Phi) is 26.6. The van der Waals surface area contributed by atoms with Crippen LogP contribution in [0.4, 0.5) is 0 Å². The second-order valence-corrected chi connectivity index (χ2v) is 59.0. The normalized spacial score (nSPS) is 13.5. The van der Waals surface area contributed by atoms with Gasteiger partial charge in [0, 0.05) is 41.0 Å². The molecule has 14 heteroatoms. The Labute approximate surface area is 651 Å². The maximum atomic E-state index is 6.08. The van der Waals surface area contributed by atoms with E-state index in [2.05, 4.69) is 299 Å². The number of nitrogens with zero attached hydrogens (tertiary/aromatic N) is 2. The fourth-order valence-corrected chi connectivity index (χ4v) is 30.1. The molecular formula is C88H108Cl4N2O2Si4Zr2. The number of aryl methyl sites for hydroxylation is 2. The van der Waals surface area contributed by atoms with Crippen molar-refractivity contribution in [2.24, 2.45) is 0 Å². The van der Waals surface area contributed by atoms with Crippen LogP contribution in [0.3, 0.4) is 0 Å². The van der Waals surface area contributed by atoms with Crippen LogP contribution in [-0.2, 0) is 57.3 Å². The maximum absolute atomic E-state index is 6.08. The first-order valence-corrected chi connectivity index (χ1v) is 61.9. The van der Waals surface area contributed by atoms with E-state index >= 15 is 0 Å². The van der Waals surface area contributed by atoms with Crippen molar-refractivity contribution in [2.45, 2.75) is 196 Å². The number of fused-ring (bicyclic) bond motifs is 16. The van der Waals surface area contributed by atoms with Gasteiger partial charge in [-0.1, -0.05) is 293 Å². The van der Waals surface area contributed by atoms with Gasteiger partial charge in [-0.15, -0.1) is 111 Å². The van der Waals surface area contributed by atoms with Crippen LogP contribution in [0.1, 0.15) is 111 Å². The van der Waals surface area contributed by atoms with Gasteiger partial charge in [0.2, 0.25) is 0 Å². The van der Waals surface area contributed by atoms with Gasteiger partial charge in [0.1, 0.15) is 8.24 Å². The molecule has 2 atom stereocenters. The molecule has 4 nitrogen and oxygen atoms in total. The molecule has 0 aliphatic rings. The number of halogens is 4. The van der Waals surface area contributed by atoms with Gasteiger partial charge < -0.3 is 18.3 Å². The standard InChI is InChI=1S/C44H53NOSi2.C43H51NOSi2.CH4.4ClH.2Zr/c1-31-25-26-39-38(29-31)40-41(45(39)30-47(5,6)7)34-21-13-16-24-37(34)43(40)48(8,28-18-10-9-17-27-46-44(2,3)4)42-35-22-14-11-19-32(35)33-20-12-15-23-36(33)42;1-30-25-26-38-37(29-30)39-40(44(38)46(5,6)7)33-21-13-16-24-36(33)42(39)47(8,28-18-10-9-17-27-45-43(2,3)4)41-34-22-14-11-19-31(34)32-20-12-15-23-35(32)41;;;;;;;/h11-16,19-26,29H,9-10,17-18,27-28,30H2,1-8H3;11-16,19-26,29H,9-10,17-18,27-28H2,1-8H3;1H4;4*1H;;/q2*-2;;;;;;2*+4/p-4. The number of aromatic nitrogens is 2. The summed E-state index contributed by atoms with van der Waals surface area (Å²) >= 11 is -1.65. The number of benzene rings is 8. The van der Waals surface area contributed by atoms with Crippen LogP contribution < -0.4 is 20.7 Å². The van der Waals surface area contributed by atoms with Crippen molar-refractivity contribution in [1.29, 1.82) is 0 Å². The molecule has 102 heavy (non-hydrogen) atoms. The van der Waals surface area contributed by atoms with E-state index in [1.807, 2.05) is 0 Å². The number of ether oxygens (including phenoxy) is 2. The van der Waals surface area contributed by atoms with Crippen molar-refractivity contribution < 1.29 is 51.2 Å². The van der Waals surface area contributed by atoms with Gasteiger partial charge in [0.15, 0.2) is 0 Å². The summed E-state index contributed by atoms with van der Waals surface area (Å²) in [5.41, 5.74) is 8.33. The second-order valence-electron chi connectivity index (χ2n) is 33.0. The number of rotatable bonds is 21. The summed E-state index contributed by atoms with van der Waals surface area (Å²) < 4.78 is 17.7. The summed E-state index contributed by atoms with van der Waals surface area (Å²) in [7, 11) is 11.8. The molecule has 0 N–H and O–H groups in total. The van der Waals surface area contributed by atoms with Crippen LogP contribution in [0.25, 0.3) is 108 Å². The Morgan fingerprint density at radius 1 is 0.373 bits per heavy atom. The Bertz CT molecular complexity index is 5090. The summed E-state index contributed by atoms with van der Waals surface area (Å²) in [5.74, 6) is 0. The van der Waals surface area contributed by atoms with Crippen LogP contribution in [0.2, 0.25) is 64.5 Å². The molecule has 12 aromatic carbocycles. The van der Waals surface area contributed by atoms with Gasteiger partial charge in [-0.2, -0.15) is 0 Å². The fourth-order valence-electron chi connectivity index (χ4n) is 17.1. The van der Waals surface area contributed by atoms with Crippen molar-refractivity contribution in [1.82, 2.24) is 8.80 Å². The zero-order valence-corrected chi connectivity index (χ0v) is 74.7. The fraction of sp³-hybridized carbons (Fsp3) is 0.364. The molecule has 0 saturated carbocycles. The minimum absolute atomic E-state index is 0. The molecule has 0 aliphatic carbocycles. The Hall–Kier alpha value is -3.97. The summed E-state index contributed by atoms with van der Waals surface area (Å²) in [6, 6.07) is 72.7. The van der Waals surface area contributed by atoms with E-state index in [-0.39, 0.29) is 18.6 Å². The topological polar surface area (TPSA) is 28.3 Å². The summed E-state index contributed by atoms with van der Waals surface area (Å²) in [6.45, 7) is 39.7. The van der Waals surface area contributed by atoms with E-state index in [1.54, 1.807) is 20.7 Å². The molecule has 0 bridgehead atoms. The first-order valence-electron chi connectivity index (χ1n) is 36.7. The predicted molar refractivity (Wildman–Crippen MR) is 461 cm³/mol. The molecule has 14 rings (SSSR count). The molecule has 534 valence electrons. The summed E-state index contributed by atoms with van der Waals surface area (Å²) in [5, 5.41) is 29.9. The van der Waals surface area contributed by atoms with E-state index in [1.165, 1.54) is 170 Å². The molecule has 0 fully saturated rings. The Morgan fingerprint density at radius 3 is 1.03 bits per heavy atom. The summed E-state index contributed by atoms with van der Waals surface area (Å²) in [6.07, 6.45) is 10.8. The van der Waals surface area contributed by atoms with E-state index in [0.29, 0.717) is 0 Å². The van der Waals surface area contributed by atoms with Crippen LogP contribution in [0.5, 0.6) is 0 Å². The predicted octanol–water partition coefficient (Wildman–Crippen LogP) is 26.1. The molecule has 2 unspecified atom stereocenters.